The summed E-state index contributed by atoms with van der Waals surface area (Å²) >= 11 is 0. The molecule has 0 aliphatic heterocycles. The normalized spacial score (nSPS) is 11.3. The van der Waals surface area contributed by atoms with Crippen LogP contribution in [0.4, 0.5) is 13.2 Å². The number of aromatic nitrogens is 2. The number of nitrogens with zero attached hydrogens (tertiary/aromatic N) is 1. The maximum atomic E-state index is 12.7. The summed E-state index contributed by atoms with van der Waals surface area (Å²) in [5.74, 6) is -0.431. The number of aromatic amines is 1. The number of benzene rings is 1. The summed E-state index contributed by atoms with van der Waals surface area (Å²) in [5.41, 5.74) is -1.29. The number of phenols is 1. The van der Waals surface area contributed by atoms with Gasteiger partial charge in [0.15, 0.2) is 5.69 Å². The molecular formula is C14H14F3N3O3. The van der Waals surface area contributed by atoms with Crippen LogP contribution in [0.15, 0.2) is 18.2 Å². The Labute approximate surface area is 129 Å². The minimum Gasteiger partial charge on any atom is -0.507 e. The molecule has 0 saturated heterocycles. The highest BCUT2D eigenvalue weighted by atomic mass is 19.4. The number of amides is 1. The van der Waals surface area contributed by atoms with Gasteiger partial charge in [0.25, 0.3) is 5.91 Å². The first kappa shape index (κ1) is 16.7. The molecule has 0 spiro atoms. The Bertz CT molecular complexity index is 726. The van der Waals surface area contributed by atoms with Gasteiger partial charge in [-0.1, -0.05) is 0 Å². The van der Waals surface area contributed by atoms with Crippen LogP contribution in [0.2, 0.25) is 0 Å². The number of halogens is 3. The van der Waals surface area contributed by atoms with Gasteiger partial charge in [0.05, 0.1) is 7.11 Å². The third-order valence-corrected chi connectivity index (χ3v) is 3.24. The molecule has 1 aromatic heterocycles. The second-order valence-electron chi connectivity index (χ2n) is 4.75. The predicted octanol–water partition coefficient (Wildman–Crippen LogP) is 2.38. The summed E-state index contributed by atoms with van der Waals surface area (Å²) in [6, 6.07) is 4.48. The van der Waals surface area contributed by atoms with E-state index in [0.29, 0.717) is 11.3 Å². The van der Waals surface area contributed by atoms with E-state index in [1.54, 1.807) is 6.07 Å². The average molecular weight is 329 g/mol. The Morgan fingerprint density at radius 3 is 2.65 bits per heavy atom. The van der Waals surface area contributed by atoms with Crippen LogP contribution in [0.3, 0.4) is 0 Å². The topological polar surface area (TPSA) is 87.2 Å². The van der Waals surface area contributed by atoms with E-state index < -0.39 is 17.8 Å². The van der Waals surface area contributed by atoms with Crippen molar-refractivity contribution in [2.75, 3.05) is 7.11 Å². The molecule has 0 atom stereocenters. The first-order valence-electron chi connectivity index (χ1n) is 6.50. The van der Waals surface area contributed by atoms with Crippen molar-refractivity contribution in [3.05, 3.63) is 40.7 Å². The molecule has 0 radical (unpaired) electrons. The Morgan fingerprint density at radius 1 is 1.43 bits per heavy atom. The number of rotatable bonds is 4. The molecule has 0 aliphatic carbocycles. The number of carbonyl (C=O) groups excluding carboxylic acids is 1. The first-order valence-corrected chi connectivity index (χ1v) is 6.50. The molecule has 1 aromatic carbocycles. The largest absolute Gasteiger partial charge is 0.507 e. The van der Waals surface area contributed by atoms with Gasteiger partial charge in [-0.15, -0.1) is 0 Å². The van der Waals surface area contributed by atoms with E-state index in [2.05, 4.69) is 10.4 Å². The van der Waals surface area contributed by atoms with E-state index >= 15 is 0 Å². The van der Waals surface area contributed by atoms with Crippen LogP contribution in [-0.4, -0.2) is 28.3 Å². The molecule has 9 heteroatoms. The highest BCUT2D eigenvalue weighted by molar-refractivity contribution is 5.93. The fraction of sp³-hybridized carbons (Fsp3) is 0.286. The molecule has 124 valence electrons. The molecule has 0 fully saturated rings. The summed E-state index contributed by atoms with van der Waals surface area (Å²) in [5, 5.41) is 17.4. The van der Waals surface area contributed by atoms with E-state index in [1.165, 1.54) is 19.2 Å². The zero-order chi connectivity index (χ0) is 17.2. The number of carbonyl (C=O) groups is 1. The fourth-order valence-corrected chi connectivity index (χ4v) is 1.97. The molecular weight excluding hydrogens is 315 g/mol. The molecule has 2 rings (SSSR count). The highest BCUT2D eigenvalue weighted by Crippen LogP contribution is 2.31. The minimum atomic E-state index is -4.61. The number of hydrogen-bond acceptors (Lipinski definition) is 4. The van der Waals surface area contributed by atoms with E-state index in [0.717, 1.165) is 6.92 Å². The third-order valence-electron chi connectivity index (χ3n) is 3.24. The lowest BCUT2D eigenvalue weighted by molar-refractivity contribution is -0.141. The van der Waals surface area contributed by atoms with Gasteiger partial charge in [-0.05, 0) is 19.1 Å². The lowest BCUT2D eigenvalue weighted by atomic mass is 10.1. The smallest absolute Gasteiger partial charge is 0.433 e. The lowest BCUT2D eigenvalue weighted by Crippen LogP contribution is -2.24. The molecule has 23 heavy (non-hydrogen) atoms. The SMILES string of the molecule is COc1ccc(CNC(=O)c2n[nH]c(C(F)(F)F)c2C)c(O)c1. The molecule has 0 bridgehead atoms. The van der Waals surface area contributed by atoms with Crippen molar-refractivity contribution in [2.24, 2.45) is 0 Å². The van der Waals surface area contributed by atoms with Crippen molar-refractivity contribution in [1.82, 2.24) is 15.5 Å². The number of hydrogen-bond donors (Lipinski definition) is 3. The number of ether oxygens (including phenoxy) is 1. The van der Waals surface area contributed by atoms with Crippen molar-refractivity contribution in [3.63, 3.8) is 0 Å². The molecule has 2 aromatic rings. The van der Waals surface area contributed by atoms with E-state index in [-0.39, 0.29) is 23.6 Å². The number of phenolic OH excluding ortho intramolecular Hbond substituents is 1. The number of alkyl halides is 3. The number of H-pyrrole nitrogens is 1. The predicted molar refractivity (Wildman–Crippen MR) is 74.2 cm³/mol. The zero-order valence-electron chi connectivity index (χ0n) is 12.3. The van der Waals surface area contributed by atoms with Gasteiger partial charge in [0.1, 0.15) is 17.2 Å². The van der Waals surface area contributed by atoms with Crippen LogP contribution in [-0.2, 0) is 12.7 Å². The zero-order valence-corrected chi connectivity index (χ0v) is 12.3. The van der Waals surface area contributed by atoms with Crippen LogP contribution in [0.1, 0.15) is 27.3 Å². The molecule has 0 saturated carbocycles. The summed E-state index contributed by atoms with van der Waals surface area (Å²) in [6.45, 7) is 1.09. The van der Waals surface area contributed by atoms with Crippen LogP contribution >= 0.6 is 0 Å². The number of aromatic hydroxyl groups is 1. The standard InChI is InChI=1S/C14H14F3N3O3/c1-7-11(19-20-12(7)14(15,16)17)13(22)18-6-8-3-4-9(23-2)5-10(8)21/h3-5,21H,6H2,1-2H3,(H,18,22)(H,19,20). The van der Waals surface area contributed by atoms with Crippen LogP contribution in [0.5, 0.6) is 11.5 Å². The Hall–Kier alpha value is -2.71. The number of nitrogens with one attached hydrogen (secondary N) is 2. The van der Waals surface area contributed by atoms with E-state index in [1.807, 2.05) is 5.10 Å². The molecule has 1 amide bonds. The second-order valence-corrected chi connectivity index (χ2v) is 4.75. The summed E-state index contributed by atoms with van der Waals surface area (Å²) < 4.78 is 42.9. The van der Waals surface area contributed by atoms with Crippen molar-refractivity contribution in [2.45, 2.75) is 19.6 Å². The quantitative estimate of drug-likeness (QED) is 0.804. The average Bonchev–Trinajstić information content (AvgIpc) is 2.87. The Kier molecular flexibility index (Phi) is 4.48. The van der Waals surface area contributed by atoms with Gasteiger partial charge in [0.2, 0.25) is 0 Å². The monoisotopic (exact) mass is 329 g/mol. The van der Waals surface area contributed by atoms with Crippen molar-refractivity contribution in [3.8, 4) is 11.5 Å². The lowest BCUT2D eigenvalue weighted by Gasteiger charge is -2.08. The third kappa shape index (κ3) is 3.55. The van der Waals surface area contributed by atoms with Crippen LogP contribution < -0.4 is 10.1 Å². The highest BCUT2D eigenvalue weighted by Gasteiger charge is 2.36. The van der Waals surface area contributed by atoms with Gasteiger partial charge in [-0.3, -0.25) is 9.89 Å². The van der Waals surface area contributed by atoms with Crippen LogP contribution in [0, 0.1) is 6.92 Å². The fourth-order valence-electron chi connectivity index (χ4n) is 1.97. The number of methoxy groups -OCH3 is 1. The first-order chi connectivity index (χ1) is 10.7. The van der Waals surface area contributed by atoms with Crippen molar-refractivity contribution < 1.29 is 27.8 Å². The molecule has 3 N–H and O–H groups in total. The van der Waals surface area contributed by atoms with E-state index in [9.17, 15) is 23.1 Å². The Morgan fingerprint density at radius 2 is 2.13 bits per heavy atom. The maximum absolute atomic E-state index is 12.7. The second kappa shape index (κ2) is 6.19. The van der Waals surface area contributed by atoms with Gasteiger partial charge >= 0.3 is 6.18 Å². The van der Waals surface area contributed by atoms with Gasteiger partial charge in [0, 0.05) is 23.7 Å². The Balaban J connectivity index is 2.10. The molecule has 6 nitrogen and oxygen atoms in total. The van der Waals surface area contributed by atoms with Crippen molar-refractivity contribution in [1.29, 1.82) is 0 Å². The van der Waals surface area contributed by atoms with Crippen molar-refractivity contribution >= 4 is 5.91 Å². The summed E-state index contributed by atoms with van der Waals surface area (Å²) in [6.07, 6.45) is -4.61. The molecule has 0 unspecified atom stereocenters. The van der Waals surface area contributed by atoms with E-state index in [4.69, 9.17) is 4.74 Å². The minimum absolute atomic E-state index is 0.0672. The summed E-state index contributed by atoms with van der Waals surface area (Å²) in [7, 11) is 1.44. The van der Waals surface area contributed by atoms with Gasteiger partial charge in [-0.25, -0.2) is 0 Å². The van der Waals surface area contributed by atoms with Crippen LogP contribution in [0.25, 0.3) is 0 Å². The molecule has 0 aliphatic rings. The van der Waals surface area contributed by atoms with Gasteiger partial charge < -0.3 is 15.2 Å². The molecule has 1 heterocycles. The van der Waals surface area contributed by atoms with Gasteiger partial charge in [-0.2, -0.15) is 18.3 Å². The maximum Gasteiger partial charge on any atom is 0.433 e. The summed E-state index contributed by atoms with van der Waals surface area (Å²) in [4.78, 5) is 11.9.